The Morgan fingerprint density at radius 2 is 2.21 bits per heavy atom. The largest absolute Gasteiger partial charge is 0.481 e. The number of benzene rings is 1. The highest BCUT2D eigenvalue weighted by atomic mass is 79.9. The molecule has 0 atom stereocenters. The number of aromatic nitrogens is 1. The fraction of sp³-hybridized carbons (Fsp3) is 0.231. The molecule has 4 nitrogen and oxygen atoms in total. The number of anilines is 1. The first-order valence-electron chi connectivity index (χ1n) is 5.78. The summed E-state index contributed by atoms with van der Waals surface area (Å²) in [5.74, 6) is -0.796. The monoisotopic (exact) mass is 340 g/mol. The number of carbonyl (C=O) groups is 1. The Hall–Kier alpha value is -1.40. The van der Waals surface area contributed by atoms with Crippen molar-refractivity contribution in [2.45, 2.75) is 19.4 Å². The number of aryl methyl sites for hydroxylation is 1. The predicted octanol–water partition coefficient (Wildman–Crippen LogP) is 3.53. The molecule has 0 aliphatic rings. The van der Waals surface area contributed by atoms with E-state index in [1.165, 1.54) is 11.3 Å². The SMILES string of the molecule is O=C(O)CCc1csc(NCc2ccccc2Br)n1. The molecule has 6 heteroatoms. The van der Waals surface area contributed by atoms with Crippen LogP contribution in [0.4, 0.5) is 5.13 Å². The lowest BCUT2D eigenvalue weighted by Crippen LogP contribution is -2.01. The lowest BCUT2D eigenvalue weighted by molar-refractivity contribution is -0.136. The average Bonchev–Trinajstić information content (AvgIpc) is 2.83. The van der Waals surface area contributed by atoms with Gasteiger partial charge in [0.2, 0.25) is 0 Å². The van der Waals surface area contributed by atoms with Gasteiger partial charge in [0.15, 0.2) is 5.13 Å². The number of aliphatic carboxylic acids is 1. The highest BCUT2D eigenvalue weighted by Gasteiger charge is 2.05. The summed E-state index contributed by atoms with van der Waals surface area (Å²) in [5, 5.41) is 14.6. The summed E-state index contributed by atoms with van der Waals surface area (Å²) >= 11 is 4.99. The zero-order valence-electron chi connectivity index (χ0n) is 10.1. The Labute approximate surface area is 123 Å². The molecule has 0 fully saturated rings. The van der Waals surface area contributed by atoms with Crippen LogP contribution < -0.4 is 5.32 Å². The van der Waals surface area contributed by atoms with E-state index >= 15 is 0 Å². The van der Waals surface area contributed by atoms with E-state index in [9.17, 15) is 4.79 Å². The number of hydrogen-bond donors (Lipinski definition) is 2. The van der Waals surface area contributed by atoms with Crippen LogP contribution in [0.25, 0.3) is 0 Å². The van der Waals surface area contributed by atoms with Gasteiger partial charge in [0.1, 0.15) is 0 Å². The zero-order valence-corrected chi connectivity index (χ0v) is 12.5. The van der Waals surface area contributed by atoms with Gasteiger partial charge < -0.3 is 10.4 Å². The molecule has 0 saturated heterocycles. The summed E-state index contributed by atoms with van der Waals surface area (Å²) < 4.78 is 1.06. The number of nitrogens with zero attached hydrogens (tertiary/aromatic N) is 1. The van der Waals surface area contributed by atoms with Crippen LogP contribution in [0.15, 0.2) is 34.1 Å². The van der Waals surface area contributed by atoms with Crippen LogP contribution in [0.2, 0.25) is 0 Å². The number of rotatable bonds is 6. The molecule has 0 radical (unpaired) electrons. The van der Waals surface area contributed by atoms with Gasteiger partial charge in [0.25, 0.3) is 0 Å². The van der Waals surface area contributed by atoms with Gasteiger partial charge in [-0.15, -0.1) is 11.3 Å². The van der Waals surface area contributed by atoms with E-state index in [-0.39, 0.29) is 6.42 Å². The van der Waals surface area contributed by atoms with E-state index in [1.807, 2.05) is 29.6 Å². The summed E-state index contributed by atoms with van der Waals surface area (Å²) in [6.45, 7) is 0.688. The molecule has 0 bridgehead atoms. The molecular weight excluding hydrogens is 328 g/mol. The van der Waals surface area contributed by atoms with Crippen molar-refractivity contribution in [1.29, 1.82) is 0 Å². The van der Waals surface area contributed by atoms with Crippen LogP contribution in [-0.4, -0.2) is 16.1 Å². The molecule has 1 aromatic heterocycles. The molecule has 19 heavy (non-hydrogen) atoms. The molecule has 0 saturated carbocycles. The maximum Gasteiger partial charge on any atom is 0.303 e. The highest BCUT2D eigenvalue weighted by Crippen LogP contribution is 2.20. The Morgan fingerprint density at radius 3 is 2.95 bits per heavy atom. The van der Waals surface area contributed by atoms with Crippen molar-refractivity contribution < 1.29 is 9.90 Å². The van der Waals surface area contributed by atoms with Crippen LogP contribution in [-0.2, 0) is 17.8 Å². The van der Waals surface area contributed by atoms with Crippen LogP contribution >= 0.6 is 27.3 Å². The summed E-state index contributed by atoms with van der Waals surface area (Å²) in [6.07, 6.45) is 0.593. The van der Waals surface area contributed by atoms with Crippen LogP contribution in [0, 0.1) is 0 Å². The number of carboxylic acids is 1. The summed E-state index contributed by atoms with van der Waals surface area (Å²) in [4.78, 5) is 14.8. The van der Waals surface area contributed by atoms with Gasteiger partial charge in [-0.05, 0) is 11.6 Å². The molecule has 100 valence electrons. The van der Waals surface area contributed by atoms with Crippen molar-refractivity contribution in [3.63, 3.8) is 0 Å². The lowest BCUT2D eigenvalue weighted by Gasteiger charge is -2.04. The molecule has 2 aromatic rings. The zero-order chi connectivity index (χ0) is 13.7. The predicted molar refractivity (Wildman–Crippen MR) is 79.5 cm³/mol. The topological polar surface area (TPSA) is 62.2 Å². The fourth-order valence-corrected chi connectivity index (χ4v) is 2.72. The van der Waals surface area contributed by atoms with Gasteiger partial charge in [-0.3, -0.25) is 4.79 Å². The highest BCUT2D eigenvalue weighted by molar-refractivity contribution is 9.10. The molecular formula is C13H13BrN2O2S. The first-order chi connectivity index (χ1) is 9.15. The fourth-order valence-electron chi connectivity index (χ4n) is 1.55. The summed E-state index contributed by atoms with van der Waals surface area (Å²) in [6, 6.07) is 8.00. The third-order valence-corrected chi connectivity index (χ3v) is 4.16. The Morgan fingerprint density at radius 1 is 1.42 bits per heavy atom. The van der Waals surface area contributed by atoms with E-state index in [1.54, 1.807) is 0 Å². The lowest BCUT2D eigenvalue weighted by atomic mass is 10.2. The minimum absolute atomic E-state index is 0.118. The second-order valence-corrected chi connectivity index (χ2v) is 5.70. The number of thiazole rings is 1. The standard InChI is InChI=1S/C13H13BrN2O2S/c14-11-4-2-1-3-9(11)7-15-13-16-10(8-19-13)5-6-12(17)18/h1-4,8H,5-7H2,(H,15,16)(H,17,18). The van der Waals surface area contributed by atoms with Gasteiger partial charge in [0.05, 0.1) is 12.1 Å². The van der Waals surface area contributed by atoms with Crippen LogP contribution in [0.3, 0.4) is 0 Å². The van der Waals surface area contributed by atoms with Crippen molar-refractivity contribution >= 4 is 38.4 Å². The quantitative estimate of drug-likeness (QED) is 0.844. The van der Waals surface area contributed by atoms with Crippen molar-refractivity contribution in [2.24, 2.45) is 0 Å². The van der Waals surface area contributed by atoms with Crippen molar-refractivity contribution in [3.8, 4) is 0 Å². The van der Waals surface area contributed by atoms with E-state index in [2.05, 4.69) is 26.2 Å². The first-order valence-corrected chi connectivity index (χ1v) is 7.46. The second-order valence-electron chi connectivity index (χ2n) is 3.98. The normalized spacial score (nSPS) is 10.4. The molecule has 0 spiro atoms. The molecule has 2 rings (SSSR count). The molecule has 0 unspecified atom stereocenters. The van der Waals surface area contributed by atoms with Crippen LogP contribution in [0.5, 0.6) is 0 Å². The van der Waals surface area contributed by atoms with Gasteiger partial charge in [-0.25, -0.2) is 4.98 Å². The number of carboxylic acid groups (broad SMARTS) is 1. The minimum Gasteiger partial charge on any atom is -0.481 e. The minimum atomic E-state index is -0.796. The molecule has 0 amide bonds. The number of halogens is 1. The smallest absolute Gasteiger partial charge is 0.303 e. The maximum atomic E-state index is 10.5. The van der Waals surface area contributed by atoms with Crippen molar-refractivity contribution in [1.82, 2.24) is 4.98 Å². The van der Waals surface area contributed by atoms with Gasteiger partial charge in [0, 0.05) is 22.8 Å². The van der Waals surface area contributed by atoms with Crippen molar-refractivity contribution in [2.75, 3.05) is 5.32 Å². The summed E-state index contributed by atoms with van der Waals surface area (Å²) in [5.41, 5.74) is 1.98. The third-order valence-electron chi connectivity index (χ3n) is 2.53. The molecule has 1 aromatic carbocycles. The third kappa shape index (κ3) is 4.33. The Kier molecular flexibility index (Phi) is 4.93. The Bertz CT molecular complexity index is 571. The average molecular weight is 341 g/mol. The molecule has 1 heterocycles. The van der Waals surface area contributed by atoms with Crippen LogP contribution in [0.1, 0.15) is 17.7 Å². The van der Waals surface area contributed by atoms with E-state index in [0.29, 0.717) is 13.0 Å². The van der Waals surface area contributed by atoms with Gasteiger partial charge in [-0.2, -0.15) is 0 Å². The number of hydrogen-bond acceptors (Lipinski definition) is 4. The van der Waals surface area contributed by atoms with Crippen molar-refractivity contribution in [3.05, 3.63) is 45.4 Å². The van der Waals surface area contributed by atoms with E-state index in [0.717, 1.165) is 20.9 Å². The molecule has 2 N–H and O–H groups in total. The van der Waals surface area contributed by atoms with Gasteiger partial charge in [-0.1, -0.05) is 34.1 Å². The first kappa shape index (κ1) is 14.0. The van der Waals surface area contributed by atoms with E-state index < -0.39 is 5.97 Å². The maximum absolute atomic E-state index is 10.5. The van der Waals surface area contributed by atoms with E-state index in [4.69, 9.17) is 5.11 Å². The molecule has 0 aliphatic heterocycles. The van der Waals surface area contributed by atoms with Gasteiger partial charge >= 0.3 is 5.97 Å². The molecule has 0 aliphatic carbocycles. The number of nitrogens with one attached hydrogen (secondary N) is 1. The second kappa shape index (κ2) is 6.68. The Balaban J connectivity index is 1.90. The summed E-state index contributed by atoms with van der Waals surface area (Å²) in [7, 11) is 0.